The highest BCUT2D eigenvalue weighted by atomic mass is 32.2. The summed E-state index contributed by atoms with van der Waals surface area (Å²) in [5.41, 5.74) is 0.932. The number of piperidine rings is 1. The normalized spacial score (nSPS) is 20.0. The molecule has 1 aliphatic rings. The molecule has 0 saturated carbocycles. The second-order valence-electron chi connectivity index (χ2n) is 7.42. The molecule has 31 heavy (non-hydrogen) atoms. The van der Waals surface area contributed by atoms with Crippen molar-refractivity contribution in [3.8, 4) is 11.4 Å². The van der Waals surface area contributed by atoms with E-state index >= 15 is 0 Å². The van der Waals surface area contributed by atoms with Crippen LogP contribution >= 0.6 is 0 Å². The van der Waals surface area contributed by atoms with Crippen LogP contribution in [-0.2, 0) is 10.0 Å². The zero-order valence-corrected chi connectivity index (χ0v) is 17.4. The number of fused-ring (bicyclic) bond motifs is 1. The standard InChI is InChI=1S/C18H21F2N7O3S/c1-31(29,30)24-7-11-9-26(5-4-15(11)28)17-6-13(22-10-23-17)14-8-21-16-3-2-12(18(19)20)25-27(14)16/h2-3,6,8,10-11,15,18,24,28H,4-5,7,9H2,1H3. The van der Waals surface area contributed by atoms with Gasteiger partial charge < -0.3 is 10.0 Å². The van der Waals surface area contributed by atoms with Crippen molar-refractivity contribution in [1.29, 1.82) is 0 Å². The maximum atomic E-state index is 13.1. The van der Waals surface area contributed by atoms with Crippen molar-refractivity contribution in [3.63, 3.8) is 0 Å². The zero-order chi connectivity index (χ0) is 22.2. The molecular weight excluding hydrogens is 432 g/mol. The highest BCUT2D eigenvalue weighted by Crippen LogP contribution is 2.26. The number of aromatic nitrogens is 5. The van der Waals surface area contributed by atoms with Gasteiger partial charge in [0.1, 0.15) is 23.5 Å². The number of hydrogen-bond acceptors (Lipinski definition) is 8. The first-order valence-electron chi connectivity index (χ1n) is 9.54. The second kappa shape index (κ2) is 8.40. The van der Waals surface area contributed by atoms with Crippen LogP contribution in [0.3, 0.4) is 0 Å². The lowest BCUT2D eigenvalue weighted by Gasteiger charge is -2.36. The summed E-state index contributed by atoms with van der Waals surface area (Å²) in [5.74, 6) is 0.258. The summed E-state index contributed by atoms with van der Waals surface area (Å²) in [7, 11) is -3.37. The molecule has 1 aliphatic heterocycles. The first-order valence-corrected chi connectivity index (χ1v) is 11.4. The smallest absolute Gasteiger partial charge is 0.282 e. The lowest BCUT2D eigenvalue weighted by molar-refractivity contribution is 0.0901. The zero-order valence-electron chi connectivity index (χ0n) is 16.6. The van der Waals surface area contributed by atoms with Gasteiger partial charge in [0.15, 0.2) is 5.65 Å². The number of aliphatic hydroxyl groups is 1. The van der Waals surface area contributed by atoms with E-state index in [1.165, 1.54) is 29.2 Å². The molecule has 2 N–H and O–H groups in total. The van der Waals surface area contributed by atoms with Crippen LogP contribution in [-0.4, -0.2) is 70.1 Å². The van der Waals surface area contributed by atoms with Crippen LogP contribution in [0.15, 0.2) is 30.7 Å². The number of hydrogen-bond donors (Lipinski definition) is 2. The number of halogens is 2. The molecule has 1 saturated heterocycles. The maximum absolute atomic E-state index is 13.1. The van der Waals surface area contributed by atoms with E-state index in [1.54, 1.807) is 6.07 Å². The van der Waals surface area contributed by atoms with Gasteiger partial charge in [0.25, 0.3) is 6.43 Å². The van der Waals surface area contributed by atoms with E-state index < -0.39 is 22.6 Å². The predicted molar refractivity (Wildman–Crippen MR) is 108 cm³/mol. The van der Waals surface area contributed by atoms with E-state index in [4.69, 9.17) is 0 Å². The number of aliphatic hydroxyl groups excluding tert-OH is 1. The molecule has 0 amide bonds. The predicted octanol–water partition coefficient (Wildman–Crippen LogP) is 0.860. The van der Waals surface area contributed by atoms with Crippen LogP contribution in [0, 0.1) is 5.92 Å². The van der Waals surface area contributed by atoms with Gasteiger partial charge in [-0.3, -0.25) is 0 Å². The van der Waals surface area contributed by atoms with Crippen LogP contribution in [0.25, 0.3) is 17.0 Å². The Balaban J connectivity index is 1.60. The molecule has 2 unspecified atom stereocenters. The third-order valence-corrected chi connectivity index (χ3v) is 5.84. The van der Waals surface area contributed by atoms with Gasteiger partial charge in [-0.25, -0.2) is 41.4 Å². The Morgan fingerprint density at radius 2 is 2.10 bits per heavy atom. The average Bonchev–Trinajstić information content (AvgIpc) is 3.16. The molecule has 1 fully saturated rings. The first kappa shape index (κ1) is 21.5. The monoisotopic (exact) mass is 453 g/mol. The summed E-state index contributed by atoms with van der Waals surface area (Å²) in [6.07, 6.45) is 1.03. The van der Waals surface area contributed by atoms with Crippen molar-refractivity contribution in [3.05, 3.63) is 36.4 Å². The minimum atomic E-state index is -3.37. The Bertz CT molecular complexity index is 1190. The Morgan fingerprint density at radius 3 is 2.84 bits per heavy atom. The minimum Gasteiger partial charge on any atom is -0.393 e. The summed E-state index contributed by atoms with van der Waals surface area (Å²) < 4.78 is 52.6. The Labute approximate surface area is 177 Å². The molecule has 0 aromatic carbocycles. The maximum Gasteiger partial charge on any atom is 0.282 e. The van der Waals surface area contributed by atoms with Crippen LogP contribution in [0.4, 0.5) is 14.6 Å². The van der Waals surface area contributed by atoms with E-state index in [9.17, 15) is 22.3 Å². The van der Waals surface area contributed by atoms with E-state index in [0.29, 0.717) is 42.4 Å². The molecule has 3 aromatic rings. The van der Waals surface area contributed by atoms with Gasteiger partial charge >= 0.3 is 0 Å². The van der Waals surface area contributed by atoms with Crippen LogP contribution in [0.1, 0.15) is 18.5 Å². The van der Waals surface area contributed by atoms with E-state index in [-0.39, 0.29) is 18.2 Å². The third kappa shape index (κ3) is 4.78. The molecule has 10 nitrogen and oxygen atoms in total. The van der Waals surface area contributed by atoms with Crippen LogP contribution in [0.5, 0.6) is 0 Å². The molecule has 13 heteroatoms. The van der Waals surface area contributed by atoms with Crippen molar-refractivity contribution < 1.29 is 22.3 Å². The van der Waals surface area contributed by atoms with E-state index in [1.807, 2.05) is 4.90 Å². The highest BCUT2D eigenvalue weighted by molar-refractivity contribution is 7.88. The quantitative estimate of drug-likeness (QED) is 0.563. The highest BCUT2D eigenvalue weighted by Gasteiger charge is 2.29. The number of nitrogens with zero attached hydrogens (tertiary/aromatic N) is 6. The largest absolute Gasteiger partial charge is 0.393 e. The lowest BCUT2D eigenvalue weighted by atomic mass is 9.95. The summed E-state index contributed by atoms with van der Waals surface area (Å²) in [6.45, 7) is 1.02. The lowest BCUT2D eigenvalue weighted by Crippen LogP contribution is -2.48. The molecule has 4 heterocycles. The molecule has 0 radical (unpaired) electrons. The van der Waals surface area contributed by atoms with Crippen LogP contribution < -0.4 is 9.62 Å². The summed E-state index contributed by atoms with van der Waals surface area (Å²) in [6, 6.07) is 4.39. The molecule has 4 rings (SSSR count). The minimum absolute atomic E-state index is 0.113. The van der Waals surface area contributed by atoms with Crippen molar-refractivity contribution in [2.45, 2.75) is 19.0 Å². The Morgan fingerprint density at radius 1 is 1.29 bits per heavy atom. The van der Waals surface area contributed by atoms with Gasteiger partial charge in [-0.05, 0) is 18.6 Å². The summed E-state index contributed by atoms with van der Waals surface area (Å²) in [4.78, 5) is 14.6. The fourth-order valence-corrected chi connectivity index (χ4v) is 4.04. The summed E-state index contributed by atoms with van der Waals surface area (Å²) in [5, 5.41) is 14.2. The second-order valence-corrected chi connectivity index (χ2v) is 9.25. The van der Waals surface area contributed by atoms with Crippen molar-refractivity contribution in [2.75, 3.05) is 30.8 Å². The fourth-order valence-electron chi connectivity index (χ4n) is 3.53. The molecular formula is C18H21F2N7O3S. The number of imidazole rings is 1. The van der Waals surface area contributed by atoms with Gasteiger partial charge in [0.2, 0.25) is 10.0 Å². The molecule has 166 valence electrons. The van der Waals surface area contributed by atoms with Gasteiger partial charge in [-0.2, -0.15) is 5.10 Å². The van der Waals surface area contributed by atoms with E-state index in [0.717, 1.165) is 6.26 Å². The number of anilines is 1. The first-order chi connectivity index (χ1) is 14.7. The van der Waals surface area contributed by atoms with Gasteiger partial charge in [-0.1, -0.05) is 0 Å². The SMILES string of the molecule is CS(=O)(=O)NCC1CN(c2cc(-c3cnc4ccc(C(F)F)nn34)ncn2)CCC1O. The van der Waals surface area contributed by atoms with Crippen molar-refractivity contribution in [2.24, 2.45) is 5.92 Å². The van der Waals surface area contributed by atoms with Gasteiger partial charge in [0.05, 0.1) is 24.3 Å². The number of nitrogens with one attached hydrogen (secondary N) is 1. The number of sulfonamides is 1. The topological polar surface area (TPSA) is 126 Å². The van der Waals surface area contributed by atoms with Crippen LogP contribution in [0.2, 0.25) is 0 Å². The number of rotatable bonds is 6. The third-order valence-electron chi connectivity index (χ3n) is 5.15. The number of alkyl halides is 2. The van der Waals surface area contributed by atoms with Crippen molar-refractivity contribution >= 4 is 21.5 Å². The van der Waals surface area contributed by atoms with Crippen molar-refractivity contribution in [1.82, 2.24) is 29.3 Å². The Hall–Kier alpha value is -2.77. The summed E-state index contributed by atoms with van der Waals surface area (Å²) >= 11 is 0. The molecule has 2 atom stereocenters. The molecule has 0 aliphatic carbocycles. The molecule has 3 aromatic heterocycles. The van der Waals surface area contributed by atoms with Gasteiger partial charge in [-0.15, -0.1) is 0 Å². The Kier molecular flexibility index (Phi) is 5.81. The molecule has 0 bridgehead atoms. The van der Waals surface area contributed by atoms with Gasteiger partial charge in [0, 0.05) is 31.6 Å². The fraction of sp³-hybridized carbons (Fsp3) is 0.444. The molecule has 0 spiro atoms. The average molecular weight is 453 g/mol. The van der Waals surface area contributed by atoms with E-state index in [2.05, 4.69) is 24.8 Å².